The first-order valence-electron chi connectivity index (χ1n) is 6.15. The molecule has 4 nitrogen and oxygen atoms in total. The highest BCUT2D eigenvalue weighted by atomic mass is 79.9. The highest BCUT2D eigenvalue weighted by Crippen LogP contribution is 2.31. The molecular weight excluding hydrogens is 296 g/mol. The number of benzene rings is 1. The fourth-order valence-electron chi connectivity index (χ4n) is 2.37. The van der Waals surface area contributed by atoms with E-state index in [0.717, 1.165) is 42.0 Å². The van der Waals surface area contributed by atoms with E-state index in [1.54, 1.807) is 7.11 Å². The van der Waals surface area contributed by atoms with Gasteiger partial charge in [0.05, 0.1) is 19.8 Å². The van der Waals surface area contributed by atoms with Crippen molar-refractivity contribution in [2.24, 2.45) is 0 Å². The number of piperazine rings is 1. The topological polar surface area (TPSA) is 44.7 Å². The van der Waals surface area contributed by atoms with Crippen molar-refractivity contribution in [2.45, 2.75) is 6.04 Å². The SMILES string of the molecule is COc1ccc(Br)cc1[C@@H](CO)N1CCNCC1. The number of methoxy groups -OCH3 is 1. The van der Waals surface area contributed by atoms with Crippen LogP contribution in [0.15, 0.2) is 22.7 Å². The number of hydrogen-bond donors (Lipinski definition) is 2. The third-order valence-electron chi connectivity index (χ3n) is 3.32. The molecule has 1 heterocycles. The van der Waals surface area contributed by atoms with Crippen LogP contribution in [0.4, 0.5) is 0 Å². The number of rotatable bonds is 4. The van der Waals surface area contributed by atoms with E-state index in [9.17, 15) is 5.11 Å². The van der Waals surface area contributed by atoms with Gasteiger partial charge in [0.25, 0.3) is 0 Å². The quantitative estimate of drug-likeness (QED) is 0.881. The third-order valence-corrected chi connectivity index (χ3v) is 3.81. The molecule has 1 fully saturated rings. The first-order chi connectivity index (χ1) is 8.76. The number of aliphatic hydroxyl groups excluding tert-OH is 1. The molecule has 0 aromatic heterocycles. The molecule has 1 aromatic carbocycles. The number of hydrogen-bond acceptors (Lipinski definition) is 4. The van der Waals surface area contributed by atoms with Gasteiger partial charge in [-0.3, -0.25) is 4.90 Å². The van der Waals surface area contributed by atoms with E-state index in [4.69, 9.17) is 4.74 Å². The molecule has 1 atom stereocenters. The van der Waals surface area contributed by atoms with Crippen LogP contribution < -0.4 is 10.1 Å². The van der Waals surface area contributed by atoms with Crippen molar-refractivity contribution in [1.29, 1.82) is 0 Å². The highest BCUT2D eigenvalue weighted by molar-refractivity contribution is 9.10. The van der Waals surface area contributed by atoms with Gasteiger partial charge in [0.1, 0.15) is 5.75 Å². The molecule has 18 heavy (non-hydrogen) atoms. The molecule has 1 aliphatic rings. The Morgan fingerprint density at radius 3 is 2.78 bits per heavy atom. The predicted molar refractivity (Wildman–Crippen MR) is 75.0 cm³/mol. The second-order valence-electron chi connectivity index (χ2n) is 4.37. The Labute approximate surface area is 116 Å². The van der Waals surface area contributed by atoms with E-state index in [1.807, 2.05) is 18.2 Å². The standard InChI is InChI=1S/C13H19BrN2O2/c1-18-13-3-2-10(14)8-11(13)12(9-17)16-6-4-15-5-7-16/h2-3,8,12,15,17H,4-7,9H2,1H3/t12-/m1/s1. The lowest BCUT2D eigenvalue weighted by atomic mass is 10.0. The van der Waals surface area contributed by atoms with Crippen LogP contribution >= 0.6 is 15.9 Å². The van der Waals surface area contributed by atoms with Crippen LogP contribution in [0.2, 0.25) is 0 Å². The zero-order valence-corrected chi connectivity index (χ0v) is 12.1. The molecule has 1 saturated heterocycles. The molecule has 0 saturated carbocycles. The molecule has 2 rings (SSSR count). The summed E-state index contributed by atoms with van der Waals surface area (Å²) in [6.07, 6.45) is 0. The molecule has 0 amide bonds. The van der Waals surface area contributed by atoms with Gasteiger partial charge in [-0.05, 0) is 18.2 Å². The van der Waals surface area contributed by atoms with Crippen molar-refractivity contribution in [3.63, 3.8) is 0 Å². The number of aliphatic hydroxyl groups is 1. The second kappa shape index (κ2) is 6.52. The maximum Gasteiger partial charge on any atom is 0.123 e. The van der Waals surface area contributed by atoms with Crippen molar-refractivity contribution in [1.82, 2.24) is 10.2 Å². The van der Waals surface area contributed by atoms with E-state index in [1.165, 1.54) is 0 Å². The highest BCUT2D eigenvalue weighted by Gasteiger charge is 2.24. The maximum atomic E-state index is 9.71. The molecule has 2 N–H and O–H groups in total. The van der Waals surface area contributed by atoms with E-state index in [0.29, 0.717) is 0 Å². The lowest BCUT2D eigenvalue weighted by Crippen LogP contribution is -2.46. The third kappa shape index (κ3) is 3.03. The van der Waals surface area contributed by atoms with Gasteiger partial charge in [0.15, 0.2) is 0 Å². The summed E-state index contributed by atoms with van der Waals surface area (Å²) in [6.45, 7) is 3.92. The van der Waals surface area contributed by atoms with Gasteiger partial charge < -0.3 is 15.2 Å². The average Bonchev–Trinajstić information content (AvgIpc) is 2.41. The Hall–Kier alpha value is -0.620. The normalized spacial score (nSPS) is 18.6. The van der Waals surface area contributed by atoms with Crippen LogP contribution in [-0.2, 0) is 0 Å². The van der Waals surface area contributed by atoms with Gasteiger partial charge in [0.2, 0.25) is 0 Å². The average molecular weight is 315 g/mol. The van der Waals surface area contributed by atoms with Crippen LogP contribution in [0.5, 0.6) is 5.75 Å². The molecule has 0 unspecified atom stereocenters. The Kier molecular flexibility index (Phi) is 5.00. The molecule has 1 aliphatic heterocycles. The smallest absolute Gasteiger partial charge is 0.123 e. The van der Waals surface area contributed by atoms with Gasteiger partial charge in [-0.2, -0.15) is 0 Å². The van der Waals surface area contributed by atoms with Gasteiger partial charge in [0, 0.05) is 36.2 Å². The lowest BCUT2D eigenvalue weighted by Gasteiger charge is -2.34. The zero-order valence-electron chi connectivity index (χ0n) is 10.5. The molecular formula is C13H19BrN2O2. The molecule has 5 heteroatoms. The minimum absolute atomic E-state index is 0.000417. The summed E-state index contributed by atoms with van der Waals surface area (Å²) in [4.78, 5) is 2.29. The Balaban J connectivity index is 2.27. The van der Waals surface area contributed by atoms with Crippen LogP contribution in [-0.4, -0.2) is 49.9 Å². The van der Waals surface area contributed by atoms with Gasteiger partial charge >= 0.3 is 0 Å². The summed E-state index contributed by atoms with van der Waals surface area (Å²) in [5.74, 6) is 0.829. The van der Waals surface area contributed by atoms with E-state index in [2.05, 4.69) is 26.1 Å². The van der Waals surface area contributed by atoms with Crippen molar-refractivity contribution in [3.05, 3.63) is 28.2 Å². The number of nitrogens with one attached hydrogen (secondary N) is 1. The Bertz CT molecular complexity index is 395. The monoisotopic (exact) mass is 314 g/mol. The molecule has 0 bridgehead atoms. The van der Waals surface area contributed by atoms with Gasteiger partial charge in [-0.15, -0.1) is 0 Å². The van der Waals surface area contributed by atoms with Crippen molar-refractivity contribution < 1.29 is 9.84 Å². The first-order valence-corrected chi connectivity index (χ1v) is 6.94. The first kappa shape index (κ1) is 13.8. The molecule has 0 spiro atoms. The second-order valence-corrected chi connectivity index (χ2v) is 5.29. The number of ether oxygens (including phenoxy) is 1. The zero-order chi connectivity index (χ0) is 13.0. The minimum Gasteiger partial charge on any atom is -0.496 e. The summed E-state index contributed by atoms with van der Waals surface area (Å²) in [5, 5.41) is 13.0. The summed E-state index contributed by atoms with van der Waals surface area (Å²) >= 11 is 3.48. The van der Waals surface area contributed by atoms with E-state index < -0.39 is 0 Å². The Morgan fingerprint density at radius 1 is 1.44 bits per heavy atom. The lowest BCUT2D eigenvalue weighted by molar-refractivity contribution is 0.109. The summed E-state index contributed by atoms with van der Waals surface area (Å²) in [7, 11) is 1.67. The number of nitrogens with zero attached hydrogens (tertiary/aromatic N) is 1. The number of halogens is 1. The van der Waals surface area contributed by atoms with Crippen molar-refractivity contribution in [3.8, 4) is 5.75 Å². The molecule has 0 aliphatic carbocycles. The Morgan fingerprint density at radius 2 is 2.17 bits per heavy atom. The van der Waals surface area contributed by atoms with Gasteiger partial charge in [-0.25, -0.2) is 0 Å². The van der Waals surface area contributed by atoms with Crippen LogP contribution in [0, 0.1) is 0 Å². The predicted octanol–water partition coefficient (Wildman–Crippen LogP) is 1.40. The molecule has 0 radical (unpaired) electrons. The largest absolute Gasteiger partial charge is 0.496 e. The van der Waals surface area contributed by atoms with E-state index in [-0.39, 0.29) is 12.6 Å². The van der Waals surface area contributed by atoms with Crippen LogP contribution in [0.25, 0.3) is 0 Å². The van der Waals surface area contributed by atoms with Crippen molar-refractivity contribution in [2.75, 3.05) is 39.9 Å². The van der Waals surface area contributed by atoms with Crippen LogP contribution in [0.3, 0.4) is 0 Å². The maximum absolute atomic E-state index is 9.71. The van der Waals surface area contributed by atoms with Gasteiger partial charge in [-0.1, -0.05) is 15.9 Å². The summed E-state index contributed by atoms with van der Waals surface area (Å²) in [6, 6.07) is 5.92. The summed E-state index contributed by atoms with van der Waals surface area (Å²) < 4.78 is 6.41. The summed E-state index contributed by atoms with van der Waals surface area (Å²) in [5.41, 5.74) is 1.04. The van der Waals surface area contributed by atoms with E-state index >= 15 is 0 Å². The fourth-order valence-corrected chi connectivity index (χ4v) is 2.75. The van der Waals surface area contributed by atoms with Crippen LogP contribution in [0.1, 0.15) is 11.6 Å². The minimum atomic E-state index is -0.000417. The fraction of sp³-hybridized carbons (Fsp3) is 0.538. The molecule has 100 valence electrons. The molecule has 1 aromatic rings. The van der Waals surface area contributed by atoms with Crippen molar-refractivity contribution >= 4 is 15.9 Å².